The highest BCUT2D eigenvalue weighted by Gasteiger charge is 2.25. The maximum Gasteiger partial charge on any atom is 0.234 e. The summed E-state index contributed by atoms with van der Waals surface area (Å²) in [6.45, 7) is 10.3. The van der Waals surface area contributed by atoms with E-state index in [1.165, 1.54) is 25.9 Å². The van der Waals surface area contributed by atoms with Crippen LogP contribution in [0.5, 0.6) is 0 Å². The maximum atomic E-state index is 11.5. The van der Waals surface area contributed by atoms with E-state index in [1.54, 1.807) is 7.05 Å². The number of nitrogens with zero attached hydrogens (tertiary/aromatic N) is 1. The van der Waals surface area contributed by atoms with Gasteiger partial charge in [-0.05, 0) is 44.8 Å². The molecular weight excluding hydrogens is 262 g/mol. The van der Waals surface area contributed by atoms with Gasteiger partial charge in [-0.3, -0.25) is 9.69 Å². The van der Waals surface area contributed by atoms with Crippen LogP contribution >= 0.6 is 12.4 Å². The lowest BCUT2D eigenvalue weighted by Gasteiger charge is -2.38. The molecule has 5 heteroatoms. The SMILES string of the molecule is CNCC(=O)NCC(C(C)C)N1CCC(C)CC1.Cl. The van der Waals surface area contributed by atoms with Crippen molar-refractivity contribution in [3.8, 4) is 0 Å². The summed E-state index contributed by atoms with van der Waals surface area (Å²) < 4.78 is 0. The van der Waals surface area contributed by atoms with Gasteiger partial charge in [-0.15, -0.1) is 12.4 Å². The van der Waals surface area contributed by atoms with Crippen molar-refractivity contribution in [2.45, 2.75) is 39.7 Å². The van der Waals surface area contributed by atoms with Crippen LogP contribution in [-0.2, 0) is 4.79 Å². The Hall–Kier alpha value is -0.320. The Morgan fingerprint density at radius 2 is 1.89 bits per heavy atom. The quantitative estimate of drug-likeness (QED) is 0.779. The molecule has 0 bridgehead atoms. The first kappa shape index (κ1) is 18.7. The molecule has 0 spiro atoms. The van der Waals surface area contributed by atoms with Crippen molar-refractivity contribution < 1.29 is 4.79 Å². The molecule has 19 heavy (non-hydrogen) atoms. The Labute approximate surface area is 124 Å². The number of hydrogen-bond acceptors (Lipinski definition) is 3. The van der Waals surface area contributed by atoms with Gasteiger partial charge in [-0.1, -0.05) is 20.8 Å². The fraction of sp³-hybridized carbons (Fsp3) is 0.929. The second-order valence-electron chi connectivity index (χ2n) is 5.86. The molecule has 1 rings (SSSR count). The van der Waals surface area contributed by atoms with Crippen LogP contribution in [-0.4, -0.2) is 50.1 Å². The molecule has 0 aromatic carbocycles. The third-order valence-corrected chi connectivity index (χ3v) is 3.90. The highest BCUT2D eigenvalue weighted by Crippen LogP contribution is 2.20. The summed E-state index contributed by atoms with van der Waals surface area (Å²) in [6, 6.07) is 0.471. The van der Waals surface area contributed by atoms with Crippen LogP contribution in [0.2, 0.25) is 0 Å². The van der Waals surface area contributed by atoms with Gasteiger partial charge in [0.2, 0.25) is 5.91 Å². The van der Waals surface area contributed by atoms with Crippen LogP contribution < -0.4 is 10.6 Å². The minimum absolute atomic E-state index is 0. The maximum absolute atomic E-state index is 11.5. The third-order valence-electron chi connectivity index (χ3n) is 3.90. The van der Waals surface area contributed by atoms with E-state index in [0.29, 0.717) is 18.5 Å². The van der Waals surface area contributed by atoms with E-state index in [9.17, 15) is 4.79 Å². The number of halogens is 1. The van der Waals surface area contributed by atoms with E-state index in [0.717, 1.165) is 12.5 Å². The van der Waals surface area contributed by atoms with Crippen LogP contribution in [0.25, 0.3) is 0 Å². The van der Waals surface area contributed by atoms with Crippen molar-refractivity contribution >= 4 is 18.3 Å². The zero-order valence-corrected chi connectivity index (χ0v) is 13.6. The summed E-state index contributed by atoms with van der Waals surface area (Å²) in [5.74, 6) is 1.52. The largest absolute Gasteiger partial charge is 0.353 e. The molecule has 0 aromatic rings. The number of piperidine rings is 1. The fourth-order valence-corrected chi connectivity index (χ4v) is 2.59. The van der Waals surface area contributed by atoms with E-state index >= 15 is 0 Å². The van der Waals surface area contributed by atoms with Crippen LogP contribution in [0.4, 0.5) is 0 Å². The molecule has 0 radical (unpaired) electrons. The molecule has 1 heterocycles. The van der Waals surface area contributed by atoms with Gasteiger partial charge < -0.3 is 10.6 Å². The summed E-state index contributed by atoms with van der Waals surface area (Å²) in [5.41, 5.74) is 0. The minimum Gasteiger partial charge on any atom is -0.353 e. The van der Waals surface area contributed by atoms with Crippen molar-refractivity contribution in [1.82, 2.24) is 15.5 Å². The molecule has 1 saturated heterocycles. The fourth-order valence-electron chi connectivity index (χ4n) is 2.59. The highest BCUT2D eigenvalue weighted by atomic mass is 35.5. The van der Waals surface area contributed by atoms with Crippen LogP contribution in [0.1, 0.15) is 33.6 Å². The molecule has 1 amide bonds. The van der Waals surface area contributed by atoms with Gasteiger partial charge in [0, 0.05) is 12.6 Å². The number of carbonyl (C=O) groups excluding carboxylic acids is 1. The monoisotopic (exact) mass is 291 g/mol. The molecule has 1 atom stereocenters. The molecule has 114 valence electrons. The summed E-state index contributed by atoms with van der Waals surface area (Å²) >= 11 is 0. The van der Waals surface area contributed by atoms with Gasteiger partial charge in [-0.25, -0.2) is 0 Å². The highest BCUT2D eigenvalue weighted by molar-refractivity contribution is 5.85. The average molecular weight is 292 g/mol. The summed E-state index contributed by atoms with van der Waals surface area (Å²) in [4.78, 5) is 14.1. The molecule has 1 unspecified atom stereocenters. The standard InChI is InChI=1S/C14H29N3O.ClH/c1-11(2)13(9-16-14(18)10-15-4)17-7-5-12(3)6-8-17;/h11-13,15H,5-10H2,1-4H3,(H,16,18);1H. The number of rotatable bonds is 6. The molecule has 1 fully saturated rings. The first-order valence-electron chi connectivity index (χ1n) is 7.20. The number of carbonyl (C=O) groups is 1. The second kappa shape index (κ2) is 9.56. The van der Waals surface area contributed by atoms with Gasteiger partial charge in [0.1, 0.15) is 0 Å². The molecule has 1 aliphatic rings. The van der Waals surface area contributed by atoms with Gasteiger partial charge in [-0.2, -0.15) is 0 Å². The van der Waals surface area contributed by atoms with Gasteiger partial charge in [0.05, 0.1) is 6.54 Å². The Morgan fingerprint density at radius 1 is 1.32 bits per heavy atom. The number of likely N-dealkylation sites (tertiary alicyclic amines) is 1. The van der Waals surface area contributed by atoms with Crippen molar-refractivity contribution in [1.29, 1.82) is 0 Å². The molecule has 0 aromatic heterocycles. The van der Waals surface area contributed by atoms with Crippen LogP contribution in [0.3, 0.4) is 0 Å². The van der Waals surface area contributed by atoms with Crippen molar-refractivity contribution in [2.75, 3.05) is 33.2 Å². The molecule has 4 nitrogen and oxygen atoms in total. The first-order valence-corrected chi connectivity index (χ1v) is 7.20. The Balaban J connectivity index is 0.00000324. The van der Waals surface area contributed by atoms with E-state index in [-0.39, 0.29) is 18.3 Å². The summed E-state index contributed by atoms with van der Waals surface area (Å²) in [5, 5.41) is 5.91. The van der Waals surface area contributed by atoms with Crippen molar-refractivity contribution in [3.63, 3.8) is 0 Å². The Kier molecular flexibility index (Phi) is 9.40. The van der Waals surface area contributed by atoms with Crippen LogP contribution in [0.15, 0.2) is 0 Å². The van der Waals surface area contributed by atoms with Gasteiger partial charge >= 0.3 is 0 Å². The topological polar surface area (TPSA) is 44.4 Å². The smallest absolute Gasteiger partial charge is 0.234 e. The molecule has 0 saturated carbocycles. The Morgan fingerprint density at radius 3 is 2.37 bits per heavy atom. The molecule has 1 aliphatic heterocycles. The van der Waals surface area contributed by atoms with E-state index in [1.807, 2.05) is 0 Å². The lowest BCUT2D eigenvalue weighted by atomic mass is 9.94. The average Bonchev–Trinajstić information content (AvgIpc) is 2.31. The van der Waals surface area contributed by atoms with E-state index < -0.39 is 0 Å². The predicted octanol–water partition coefficient (Wildman–Crippen LogP) is 1.50. The minimum atomic E-state index is 0. The second-order valence-corrected chi connectivity index (χ2v) is 5.86. The summed E-state index contributed by atoms with van der Waals surface area (Å²) in [7, 11) is 1.80. The zero-order valence-electron chi connectivity index (χ0n) is 12.7. The van der Waals surface area contributed by atoms with Gasteiger partial charge in [0.15, 0.2) is 0 Å². The van der Waals surface area contributed by atoms with E-state index in [4.69, 9.17) is 0 Å². The lowest BCUT2D eigenvalue weighted by Crippen LogP contribution is -2.50. The van der Waals surface area contributed by atoms with Crippen molar-refractivity contribution in [2.24, 2.45) is 11.8 Å². The molecular formula is C14H30ClN3O. The normalized spacial score (nSPS) is 19.0. The number of amides is 1. The first-order chi connectivity index (χ1) is 8.54. The van der Waals surface area contributed by atoms with Gasteiger partial charge in [0.25, 0.3) is 0 Å². The predicted molar refractivity (Wildman–Crippen MR) is 82.8 cm³/mol. The number of nitrogens with one attached hydrogen (secondary N) is 2. The third kappa shape index (κ3) is 6.59. The zero-order chi connectivity index (χ0) is 13.5. The molecule has 2 N–H and O–H groups in total. The number of hydrogen-bond donors (Lipinski definition) is 2. The molecule has 0 aliphatic carbocycles. The van der Waals surface area contributed by atoms with Crippen LogP contribution in [0, 0.1) is 11.8 Å². The lowest BCUT2D eigenvalue weighted by molar-refractivity contribution is -0.120. The summed E-state index contributed by atoms with van der Waals surface area (Å²) in [6.07, 6.45) is 2.57. The van der Waals surface area contributed by atoms with Crippen molar-refractivity contribution in [3.05, 3.63) is 0 Å². The number of likely N-dealkylation sites (N-methyl/N-ethyl adjacent to an activating group) is 1. The Bertz CT molecular complexity index is 253. The van der Waals surface area contributed by atoms with E-state index in [2.05, 4.69) is 36.3 Å².